The van der Waals surface area contributed by atoms with Crippen molar-refractivity contribution < 1.29 is 38.1 Å². The van der Waals surface area contributed by atoms with E-state index in [2.05, 4.69) is 69.9 Å². The third kappa shape index (κ3) is 14.3. The third-order valence-electron chi connectivity index (χ3n) is 10.8. The van der Waals surface area contributed by atoms with Crippen molar-refractivity contribution in [3.05, 3.63) is 118 Å². The van der Waals surface area contributed by atoms with Gasteiger partial charge in [-0.1, -0.05) is 75.9 Å². The van der Waals surface area contributed by atoms with Crippen molar-refractivity contribution in [2.24, 2.45) is 10.2 Å². The molecule has 2 aromatic heterocycles. The number of hydrogen-bond acceptors (Lipinski definition) is 12. The van der Waals surface area contributed by atoms with Gasteiger partial charge < -0.3 is 18.9 Å². The van der Waals surface area contributed by atoms with Gasteiger partial charge in [0.15, 0.2) is 34.6 Å². The van der Waals surface area contributed by atoms with Crippen LogP contribution in [0, 0.1) is 0 Å². The maximum atomic E-state index is 12.6. The summed E-state index contributed by atoms with van der Waals surface area (Å²) in [5, 5.41) is 15.4. The molecule has 6 aromatic rings. The highest BCUT2D eigenvalue weighted by Crippen LogP contribution is 2.31. The lowest BCUT2D eigenvalue weighted by molar-refractivity contribution is -0.121. The van der Waals surface area contributed by atoms with E-state index in [0.29, 0.717) is 34.1 Å². The highest BCUT2D eigenvalue weighted by atomic mass is 32.1. The molecule has 0 saturated heterocycles. The number of hydrogen-bond donors (Lipinski definition) is 2. The topological polar surface area (TPSA) is 154 Å². The van der Waals surface area contributed by atoms with Crippen molar-refractivity contribution in [3.63, 3.8) is 0 Å². The molecule has 6 rings (SSSR count). The van der Waals surface area contributed by atoms with Crippen LogP contribution in [-0.4, -0.2) is 63.2 Å². The number of thiophene rings is 2. The molecule has 14 heteroatoms. The largest absolute Gasteiger partial charge is 0.493 e. The Morgan fingerprint density at radius 3 is 1.26 bits per heavy atom. The lowest BCUT2D eigenvalue weighted by atomic mass is 10.0. The average Bonchev–Trinajstić information content (AvgIpc) is 3.99. The molecule has 0 radical (unpaired) electrons. The molecule has 2 amide bonds. The van der Waals surface area contributed by atoms with Gasteiger partial charge in [0, 0.05) is 78.9 Å². The number of rotatable bonds is 24. The first-order valence-corrected chi connectivity index (χ1v) is 24.0. The molecule has 0 fully saturated rings. The van der Waals surface area contributed by atoms with Crippen LogP contribution in [0.2, 0.25) is 0 Å². The van der Waals surface area contributed by atoms with Crippen molar-refractivity contribution in [2.45, 2.75) is 90.9 Å². The highest BCUT2D eigenvalue weighted by molar-refractivity contribution is 7.18. The van der Waals surface area contributed by atoms with Crippen LogP contribution in [0.4, 0.5) is 0 Å². The number of hydrazone groups is 2. The minimum Gasteiger partial charge on any atom is -0.493 e. The van der Waals surface area contributed by atoms with Crippen LogP contribution < -0.4 is 29.8 Å². The van der Waals surface area contributed by atoms with Crippen molar-refractivity contribution in [1.82, 2.24) is 10.9 Å². The van der Waals surface area contributed by atoms with Crippen LogP contribution in [0.1, 0.15) is 123 Å². The molecule has 0 atom stereocenters. The summed E-state index contributed by atoms with van der Waals surface area (Å²) in [5.41, 5.74) is 10.2. The van der Waals surface area contributed by atoms with Crippen LogP contribution in [0.5, 0.6) is 23.0 Å². The molecule has 0 spiro atoms. The van der Waals surface area contributed by atoms with Gasteiger partial charge in [-0.15, -0.1) is 22.7 Å². The number of unbranched alkanes of at least 4 members (excludes halogenated alkanes) is 4. The fourth-order valence-electron chi connectivity index (χ4n) is 7.12. The van der Waals surface area contributed by atoms with E-state index in [0.717, 1.165) is 84.7 Å². The Morgan fingerprint density at radius 2 is 0.879 bits per heavy atom. The molecule has 0 aliphatic rings. The predicted molar refractivity (Wildman–Crippen MR) is 268 cm³/mol. The molecule has 12 nitrogen and oxygen atoms in total. The fourth-order valence-corrected chi connectivity index (χ4v) is 9.06. The predicted octanol–water partition coefficient (Wildman–Crippen LogP) is 12.0. The van der Waals surface area contributed by atoms with E-state index >= 15 is 0 Å². The number of ketones is 2. The molecule has 4 aromatic carbocycles. The van der Waals surface area contributed by atoms with E-state index in [4.69, 9.17) is 18.9 Å². The molecule has 0 aliphatic heterocycles. The monoisotopic (exact) mass is 932 g/mol. The third-order valence-corrected chi connectivity index (χ3v) is 12.7. The molecule has 0 aliphatic carbocycles. The van der Waals surface area contributed by atoms with Crippen LogP contribution >= 0.6 is 22.7 Å². The SMILES string of the molecule is CCCCC/C(=N/NC(=O)CCC(=O)c1ccc(OC)c(OC)c1)c1csc2ccccc12.CCCCC/C(=N\NC(=O)CCC(=O)c1ccc(OC)c(OC)c1)c1csc2ccccc12. The number of amides is 2. The van der Waals surface area contributed by atoms with Crippen molar-refractivity contribution in [1.29, 1.82) is 0 Å². The van der Waals surface area contributed by atoms with Crippen LogP contribution in [0.15, 0.2) is 106 Å². The zero-order chi connectivity index (χ0) is 47.3. The lowest BCUT2D eigenvalue weighted by Gasteiger charge is -2.09. The lowest BCUT2D eigenvalue weighted by Crippen LogP contribution is -2.21. The van der Waals surface area contributed by atoms with Gasteiger partial charge in [0.2, 0.25) is 11.8 Å². The highest BCUT2D eigenvalue weighted by Gasteiger charge is 2.17. The normalized spacial score (nSPS) is 11.4. The summed E-state index contributed by atoms with van der Waals surface area (Å²) >= 11 is 3.35. The standard InChI is InChI=1S/2C26H30N2O4S/c2*1-4-5-6-10-21(20-17-33-25-11-8-7-9-19(20)25)27-28-26(30)15-13-22(29)18-12-14-23(31-2)24(16-18)32-3/h2*7-9,11-12,14,16-17H,4-6,10,13,15H2,1-3H3,(H,28,30)/b27-21+;27-21-. The summed E-state index contributed by atoms with van der Waals surface area (Å²) in [7, 11) is 6.12. The Morgan fingerprint density at radius 1 is 0.485 bits per heavy atom. The second kappa shape index (κ2) is 26.5. The minimum atomic E-state index is -0.281. The zero-order valence-electron chi connectivity index (χ0n) is 38.7. The summed E-state index contributed by atoms with van der Waals surface area (Å²) in [4.78, 5) is 50.0. The number of nitrogens with one attached hydrogen (secondary N) is 2. The number of carbonyl (C=O) groups is 4. The van der Waals surface area contributed by atoms with Gasteiger partial charge in [0.25, 0.3) is 0 Å². The van der Waals surface area contributed by atoms with Crippen LogP contribution in [0.3, 0.4) is 0 Å². The quantitative estimate of drug-likeness (QED) is 0.0263. The minimum absolute atomic E-state index is 0.0588. The number of nitrogens with zero attached hydrogens (tertiary/aromatic N) is 2. The molecule has 0 saturated carbocycles. The van der Waals surface area contributed by atoms with E-state index in [1.165, 1.54) is 23.6 Å². The van der Waals surface area contributed by atoms with Crippen LogP contribution in [0.25, 0.3) is 20.2 Å². The van der Waals surface area contributed by atoms with Gasteiger partial charge in [0.05, 0.1) is 39.9 Å². The Hall–Kier alpha value is -6.38. The smallest absolute Gasteiger partial charge is 0.240 e. The van der Waals surface area contributed by atoms with Crippen molar-refractivity contribution in [2.75, 3.05) is 28.4 Å². The van der Waals surface area contributed by atoms with Gasteiger partial charge in [0.1, 0.15) is 0 Å². The average molecular weight is 933 g/mol. The number of Topliss-reactive ketones (excluding diaryl/α,β-unsaturated/α-hetero) is 2. The zero-order valence-corrected chi connectivity index (χ0v) is 40.3. The molecule has 2 N–H and O–H groups in total. The van der Waals surface area contributed by atoms with E-state index in [9.17, 15) is 19.2 Å². The Labute approximate surface area is 395 Å². The van der Waals surface area contributed by atoms with E-state index < -0.39 is 0 Å². The van der Waals surface area contributed by atoms with Gasteiger partial charge in [-0.3, -0.25) is 19.2 Å². The molecule has 0 bridgehead atoms. The van der Waals surface area contributed by atoms with Crippen molar-refractivity contribution in [3.8, 4) is 23.0 Å². The second-order valence-electron chi connectivity index (χ2n) is 15.4. The molecule has 0 unspecified atom stereocenters. The van der Waals surface area contributed by atoms with E-state index in [1.807, 2.05) is 24.3 Å². The van der Waals surface area contributed by atoms with Gasteiger partial charge >= 0.3 is 0 Å². The van der Waals surface area contributed by atoms with Gasteiger partial charge in [-0.2, -0.15) is 10.2 Å². The number of carbonyl (C=O) groups excluding carboxylic acids is 4. The summed E-state index contributed by atoms with van der Waals surface area (Å²) in [6.45, 7) is 4.32. The molecule has 2 heterocycles. The first-order chi connectivity index (χ1) is 32.1. The molecular formula is C52H60N4O8S2. The van der Waals surface area contributed by atoms with E-state index in [-0.39, 0.29) is 49.1 Å². The first kappa shape index (κ1) is 50.6. The summed E-state index contributed by atoms with van der Waals surface area (Å²) in [6, 6.07) is 26.4. The summed E-state index contributed by atoms with van der Waals surface area (Å²) in [5.74, 6) is 1.24. The summed E-state index contributed by atoms with van der Waals surface area (Å²) in [6.07, 6.45) is 8.33. The summed E-state index contributed by atoms with van der Waals surface area (Å²) < 4.78 is 23.3. The van der Waals surface area contributed by atoms with Gasteiger partial charge in [-0.05, 0) is 74.2 Å². The number of fused-ring (bicyclic) bond motifs is 2. The Kier molecular flexibility index (Phi) is 20.4. The fraction of sp³-hybridized carbons (Fsp3) is 0.346. The molecule has 348 valence electrons. The van der Waals surface area contributed by atoms with Crippen molar-refractivity contribution >= 4 is 77.7 Å². The molecular weight excluding hydrogens is 873 g/mol. The Bertz CT molecular complexity index is 2450. The maximum absolute atomic E-state index is 12.6. The Balaban J connectivity index is 0.000000247. The van der Waals surface area contributed by atoms with E-state index in [1.54, 1.807) is 73.3 Å². The number of methoxy groups -OCH3 is 4. The number of ether oxygens (including phenoxy) is 4. The van der Waals surface area contributed by atoms with Gasteiger partial charge in [-0.25, -0.2) is 10.9 Å². The maximum Gasteiger partial charge on any atom is 0.240 e. The molecule has 66 heavy (non-hydrogen) atoms. The second-order valence-corrected chi connectivity index (χ2v) is 17.2. The first-order valence-electron chi connectivity index (χ1n) is 22.3. The van der Waals surface area contributed by atoms with Crippen LogP contribution in [-0.2, 0) is 9.59 Å². The number of benzene rings is 4.